The Labute approximate surface area is 194 Å². The average molecular weight is 480 g/mol. The molecule has 0 spiro atoms. The normalized spacial score (nSPS) is 14.4. The van der Waals surface area contributed by atoms with Crippen molar-refractivity contribution in [2.45, 2.75) is 10.4 Å². The highest BCUT2D eigenvalue weighted by atomic mass is 32.2. The van der Waals surface area contributed by atoms with Crippen LogP contribution in [0.25, 0.3) is 6.08 Å². The van der Waals surface area contributed by atoms with Gasteiger partial charge in [0, 0.05) is 42.5 Å². The van der Waals surface area contributed by atoms with Gasteiger partial charge in [-0.2, -0.15) is 13.2 Å². The molecule has 0 aliphatic carbocycles. The Morgan fingerprint density at radius 3 is 2.33 bits per heavy atom. The molecule has 1 aliphatic heterocycles. The zero-order valence-electron chi connectivity index (χ0n) is 18.0. The smallest absolute Gasteiger partial charge is 0.378 e. The lowest BCUT2D eigenvalue weighted by Gasteiger charge is -2.28. The summed E-state index contributed by atoms with van der Waals surface area (Å²) in [5, 5.41) is 2.76. The first kappa shape index (κ1) is 24.7. The van der Waals surface area contributed by atoms with E-state index in [0.29, 0.717) is 24.5 Å². The van der Waals surface area contributed by atoms with E-state index in [0.717, 1.165) is 18.8 Å². The first-order valence-corrected chi connectivity index (χ1v) is 11.0. The quantitative estimate of drug-likeness (QED) is 0.475. The number of ether oxygens (including phenoxy) is 1. The molecular weight excluding hydrogens is 455 g/mol. The van der Waals surface area contributed by atoms with Gasteiger partial charge in [-0.05, 0) is 59.8 Å². The van der Waals surface area contributed by atoms with Crippen LogP contribution < -0.4 is 10.2 Å². The molecule has 2 aromatic rings. The van der Waals surface area contributed by atoms with E-state index in [4.69, 9.17) is 4.74 Å². The molecule has 33 heavy (non-hydrogen) atoms. The highest BCUT2D eigenvalue weighted by Gasteiger charge is 2.28. The predicted octanol–water partition coefficient (Wildman–Crippen LogP) is 4.25. The van der Waals surface area contributed by atoms with Gasteiger partial charge >= 0.3 is 5.51 Å². The summed E-state index contributed by atoms with van der Waals surface area (Å²) in [5.74, 6) is -0.742. The number of amides is 2. The predicted molar refractivity (Wildman–Crippen MR) is 123 cm³/mol. The van der Waals surface area contributed by atoms with Gasteiger partial charge in [0.05, 0.1) is 19.8 Å². The van der Waals surface area contributed by atoms with Gasteiger partial charge in [-0.1, -0.05) is 12.1 Å². The van der Waals surface area contributed by atoms with Crippen LogP contribution in [0.3, 0.4) is 0 Å². The molecule has 2 aromatic carbocycles. The summed E-state index contributed by atoms with van der Waals surface area (Å²) in [5.41, 5.74) is -2.08. The number of carbonyl (C=O) groups is 2. The zero-order chi connectivity index (χ0) is 23.8. The van der Waals surface area contributed by atoms with Crippen molar-refractivity contribution in [1.82, 2.24) is 4.90 Å². The molecule has 0 atom stereocenters. The second-order valence-corrected chi connectivity index (χ2v) is 8.48. The summed E-state index contributed by atoms with van der Waals surface area (Å²) in [6.07, 6.45) is 2.76. The lowest BCUT2D eigenvalue weighted by atomic mass is 10.2. The number of hydrogen-bond acceptors (Lipinski definition) is 5. The van der Waals surface area contributed by atoms with Crippen molar-refractivity contribution in [1.29, 1.82) is 0 Å². The number of morpholine rings is 1. The number of nitrogens with zero attached hydrogens (tertiary/aromatic N) is 2. The fraction of sp³-hybridized carbons (Fsp3) is 0.304. The van der Waals surface area contributed by atoms with E-state index >= 15 is 0 Å². The summed E-state index contributed by atoms with van der Waals surface area (Å²) >= 11 is -0.197. The maximum absolute atomic E-state index is 12.4. The number of thioether (sulfide) groups is 1. The molecule has 1 aliphatic rings. The van der Waals surface area contributed by atoms with Crippen LogP contribution in [-0.2, 0) is 14.3 Å². The van der Waals surface area contributed by atoms with Crippen molar-refractivity contribution in [3.8, 4) is 0 Å². The van der Waals surface area contributed by atoms with E-state index in [1.807, 2.05) is 24.3 Å². The van der Waals surface area contributed by atoms with Crippen molar-refractivity contribution < 1.29 is 27.5 Å². The van der Waals surface area contributed by atoms with Gasteiger partial charge in [0.2, 0.25) is 11.8 Å². The Balaban J connectivity index is 1.47. The number of alkyl halides is 3. The lowest BCUT2D eigenvalue weighted by Crippen LogP contribution is -2.36. The van der Waals surface area contributed by atoms with Crippen LogP contribution in [0, 0.1) is 0 Å². The Bertz CT molecular complexity index is 973. The molecule has 0 unspecified atom stereocenters. The van der Waals surface area contributed by atoms with Crippen molar-refractivity contribution >= 4 is 41.0 Å². The van der Waals surface area contributed by atoms with Crippen LogP contribution in [-0.4, -0.2) is 62.1 Å². The monoisotopic (exact) mass is 479 g/mol. The Hall–Kier alpha value is -2.98. The van der Waals surface area contributed by atoms with E-state index in [9.17, 15) is 22.8 Å². The maximum Gasteiger partial charge on any atom is 0.446 e. The third-order valence-corrected chi connectivity index (χ3v) is 5.56. The van der Waals surface area contributed by atoms with Crippen LogP contribution in [0.1, 0.15) is 5.56 Å². The summed E-state index contributed by atoms with van der Waals surface area (Å²) < 4.78 is 42.5. The van der Waals surface area contributed by atoms with E-state index in [2.05, 4.69) is 10.2 Å². The fourth-order valence-electron chi connectivity index (χ4n) is 3.15. The Kier molecular flexibility index (Phi) is 8.40. The molecule has 0 bridgehead atoms. The number of halogens is 3. The topological polar surface area (TPSA) is 61.9 Å². The van der Waals surface area contributed by atoms with Crippen molar-refractivity contribution in [3.05, 3.63) is 60.2 Å². The van der Waals surface area contributed by atoms with Crippen LogP contribution in [0.15, 0.2) is 59.5 Å². The van der Waals surface area contributed by atoms with Gasteiger partial charge in [-0.3, -0.25) is 9.59 Å². The van der Waals surface area contributed by atoms with Gasteiger partial charge in [0.1, 0.15) is 0 Å². The molecule has 3 rings (SSSR count). The van der Waals surface area contributed by atoms with Gasteiger partial charge in [-0.25, -0.2) is 0 Å². The molecule has 1 heterocycles. The van der Waals surface area contributed by atoms with Gasteiger partial charge < -0.3 is 19.9 Å². The van der Waals surface area contributed by atoms with Gasteiger partial charge in [-0.15, -0.1) is 0 Å². The number of nitrogens with one attached hydrogen (secondary N) is 1. The Morgan fingerprint density at radius 2 is 1.73 bits per heavy atom. The summed E-state index contributed by atoms with van der Waals surface area (Å²) in [4.78, 5) is 28.1. The van der Waals surface area contributed by atoms with Crippen LogP contribution in [0.2, 0.25) is 0 Å². The lowest BCUT2D eigenvalue weighted by molar-refractivity contribution is -0.129. The average Bonchev–Trinajstić information content (AvgIpc) is 2.78. The van der Waals surface area contributed by atoms with E-state index in [-0.39, 0.29) is 29.1 Å². The second-order valence-electron chi connectivity index (χ2n) is 7.34. The number of hydrogen-bond donors (Lipinski definition) is 1. The second kappa shape index (κ2) is 11.2. The van der Waals surface area contributed by atoms with Crippen molar-refractivity contribution in [2.24, 2.45) is 0 Å². The highest BCUT2D eigenvalue weighted by Crippen LogP contribution is 2.36. The largest absolute Gasteiger partial charge is 0.446 e. The SMILES string of the molecule is CN(CC(=O)Nc1ccc(N2CCOCC2)cc1)C(=O)/C=C/c1ccc(SC(F)(F)F)cc1. The van der Waals surface area contributed by atoms with Crippen LogP contribution in [0.5, 0.6) is 0 Å². The highest BCUT2D eigenvalue weighted by molar-refractivity contribution is 8.00. The maximum atomic E-state index is 12.4. The zero-order valence-corrected chi connectivity index (χ0v) is 18.8. The minimum absolute atomic E-state index is 0.0674. The molecule has 176 valence electrons. The van der Waals surface area contributed by atoms with Crippen molar-refractivity contribution in [3.63, 3.8) is 0 Å². The van der Waals surface area contributed by atoms with E-state index < -0.39 is 11.4 Å². The molecule has 1 fully saturated rings. The fourth-order valence-corrected chi connectivity index (χ4v) is 3.69. The van der Waals surface area contributed by atoms with Crippen LogP contribution >= 0.6 is 11.8 Å². The number of rotatable bonds is 7. The van der Waals surface area contributed by atoms with E-state index in [1.54, 1.807) is 0 Å². The van der Waals surface area contributed by atoms with Gasteiger partial charge in [0.25, 0.3) is 0 Å². The van der Waals surface area contributed by atoms with E-state index in [1.165, 1.54) is 48.4 Å². The Morgan fingerprint density at radius 1 is 1.09 bits per heavy atom. The third-order valence-electron chi connectivity index (χ3n) is 4.82. The summed E-state index contributed by atoms with van der Waals surface area (Å²) in [7, 11) is 1.50. The standard InChI is InChI=1S/C23H24F3N3O3S/c1-28(22(31)11-4-17-2-9-20(10-3-17)33-23(24,25)26)16-21(30)27-18-5-7-19(8-6-18)29-12-14-32-15-13-29/h2-11H,12-16H2,1H3,(H,27,30)/b11-4+. The first-order valence-electron chi connectivity index (χ1n) is 10.2. The minimum Gasteiger partial charge on any atom is -0.378 e. The molecule has 1 saturated heterocycles. The molecular formula is C23H24F3N3O3S. The minimum atomic E-state index is -4.35. The van der Waals surface area contributed by atoms with Crippen LogP contribution in [0.4, 0.5) is 24.5 Å². The molecule has 0 aromatic heterocycles. The molecule has 0 saturated carbocycles. The molecule has 1 N–H and O–H groups in total. The number of benzene rings is 2. The molecule has 2 amide bonds. The molecule has 6 nitrogen and oxygen atoms in total. The summed E-state index contributed by atoms with van der Waals surface area (Å²) in [6, 6.07) is 13.1. The summed E-state index contributed by atoms with van der Waals surface area (Å²) in [6.45, 7) is 2.88. The molecule has 10 heteroatoms. The van der Waals surface area contributed by atoms with Crippen molar-refractivity contribution in [2.75, 3.05) is 50.1 Å². The molecule has 0 radical (unpaired) electrons. The number of anilines is 2. The number of carbonyl (C=O) groups excluding carboxylic acids is 2. The third kappa shape index (κ3) is 8.14. The van der Waals surface area contributed by atoms with Gasteiger partial charge in [0.15, 0.2) is 0 Å². The first-order chi connectivity index (χ1) is 15.7. The number of likely N-dealkylation sites (N-methyl/N-ethyl adjacent to an activating group) is 1.